The number of hydrogen-bond acceptors (Lipinski definition) is 5. The Morgan fingerprint density at radius 1 is 1.30 bits per heavy atom. The number of aromatic hydroxyl groups is 1. The molecule has 7 heteroatoms. The molecule has 0 fully saturated rings. The number of nitrogens with zero attached hydrogens (tertiary/aromatic N) is 3. The van der Waals surface area contributed by atoms with Crippen LogP contribution in [0.3, 0.4) is 0 Å². The summed E-state index contributed by atoms with van der Waals surface area (Å²) in [4.78, 5) is 16.0. The molecule has 0 atom stereocenters. The van der Waals surface area contributed by atoms with E-state index in [1.807, 2.05) is 10.8 Å². The molecule has 0 aliphatic rings. The molecule has 0 aliphatic carbocycles. The molecule has 2 heterocycles. The lowest BCUT2D eigenvalue weighted by Gasteiger charge is -2.03. The van der Waals surface area contributed by atoms with E-state index in [2.05, 4.69) is 15.5 Å². The van der Waals surface area contributed by atoms with Crippen molar-refractivity contribution in [3.8, 4) is 17.1 Å². The summed E-state index contributed by atoms with van der Waals surface area (Å²) >= 11 is 0. The number of phenols is 1. The second kappa shape index (κ2) is 6.78. The molecule has 23 heavy (non-hydrogen) atoms. The van der Waals surface area contributed by atoms with Crippen molar-refractivity contribution >= 4 is 5.91 Å². The Labute approximate surface area is 132 Å². The molecule has 3 aromatic rings. The van der Waals surface area contributed by atoms with Gasteiger partial charge in [0.15, 0.2) is 11.5 Å². The maximum Gasteiger partial charge on any atom is 0.273 e. The molecule has 0 spiro atoms. The molecule has 2 aromatic heterocycles. The third kappa shape index (κ3) is 3.76. The Balaban J connectivity index is 1.52. The number of imidazole rings is 1. The second-order valence-corrected chi connectivity index (χ2v) is 5.03. The minimum absolute atomic E-state index is 0.170. The molecule has 3 rings (SSSR count). The van der Waals surface area contributed by atoms with Crippen LogP contribution in [0.25, 0.3) is 11.3 Å². The molecule has 1 amide bonds. The van der Waals surface area contributed by atoms with E-state index in [-0.39, 0.29) is 17.4 Å². The standard InChI is InChI=1S/C16H16N4O3/c21-13-4-2-12(3-5-13)15-10-14(19-23-15)16(22)18-6-1-8-20-9-7-17-11-20/h2-5,7,9-11,21H,1,6,8H2,(H,18,22). The van der Waals surface area contributed by atoms with Crippen LogP contribution in [0, 0.1) is 0 Å². The lowest BCUT2D eigenvalue weighted by Crippen LogP contribution is -2.25. The third-order valence-corrected chi connectivity index (χ3v) is 3.33. The van der Waals surface area contributed by atoms with Gasteiger partial charge in [0.25, 0.3) is 5.91 Å². The van der Waals surface area contributed by atoms with Gasteiger partial charge in [-0.3, -0.25) is 4.79 Å². The van der Waals surface area contributed by atoms with Gasteiger partial charge in [0.05, 0.1) is 6.33 Å². The van der Waals surface area contributed by atoms with Gasteiger partial charge in [-0.05, 0) is 30.7 Å². The van der Waals surface area contributed by atoms with Crippen LogP contribution in [-0.4, -0.2) is 32.3 Å². The van der Waals surface area contributed by atoms with Gasteiger partial charge < -0.3 is 19.5 Å². The number of phenolic OH excluding ortho intramolecular Hbond substituents is 1. The summed E-state index contributed by atoms with van der Waals surface area (Å²) in [6.07, 6.45) is 6.14. The molecule has 1 aromatic carbocycles. The van der Waals surface area contributed by atoms with E-state index in [1.165, 1.54) is 0 Å². The number of rotatable bonds is 6. The van der Waals surface area contributed by atoms with Gasteiger partial charge in [0, 0.05) is 37.1 Å². The van der Waals surface area contributed by atoms with E-state index in [0.717, 1.165) is 18.5 Å². The van der Waals surface area contributed by atoms with E-state index in [0.29, 0.717) is 12.3 Å². The maximum absolute atomic E-state index is 12.0. The highest BCUT2D eigenvalue weighted by Gasteiger charge is 2.13. The Morgan fingerprint density at radius 3 is 2.87 bits per heavy atom. The molecule has 0 bridgehead atoms. The minimum Gasteiger partial charge on any atom is -0.508 e. The maximum atomic E-state index is 12.0. The minimum atomic E-state index is -0.274. The predicted molar refractivity (Wildman–Crippen MR) is 82.8 cm³/mol. The summed E-state index contributed by atoms with van der Waals surface area (Å²) in [5.74, 6) is 0.377. The van der Waals surface area contributed by atoms with Crippen molar-refractivity contribution in [2.75, 3.05) is 6.54 Å². The summed E-state index contributed by atoms with van der Waals surface area (Å²) in [6.45, 7) is 1.33. The van der Waals surface area contributed by atoms with Crippen LogP contribution in [0.1, 0.15) is 16.9 Å². The van der Waals surface area contributed by atoms with Crippen LogP contribution in [-0.2, 0) is 6.54 Å². The van der Waals surface area contributed by atoms with Crippen LogP contribution in [0.2, 0.25) is 0 Å². The van der Waals surface area contributed by atoms with Crippen LogP contribution in [0.5, 0.6) is 5.75 Å². The molecule has 7 nitrogen and oxygen atoms in total. The fraction of sp³-hybridized carbons (Fsp3) is 0.188. The predicted octanol–water partition coefficient (Wildman–Crippen LogP) is 2.06. The lowest BCUT2D eigenvalue weighted by atomic mass is 10.1. The van der Waals surface area contributed by atoms with Crippen molar-refractivity contribution in [2.45, 2.75) is 13.0 Å². The summed E-state index contributed by atoms with van der Waals surface area (Å²) in [5, 5.41) is 15.8. The highest BCUT2D eigenvalue weighted by atomic mass is 16.5. The fourth-order valence-electron chi connectivity index (χ4n) is 2.12. The fourth-order valence-corrected chi connectivity index (χ4v) is 2.12. The SMILES string of the molecule is O=C(NCCCn1ccnc1)c1cc(-c2ccc(O)cc2)on1. The first kappa shape index (κ1) is 14.8. The molecule has 0 saturated heterocycles. The van der Waals surface area contributed by atoms with Crippen molar-refractivity contribution in [1.29, 1.82) is 0 Å². The molecule has 0 saturated carbocycles. The van der Waals surface area contributed by atoms with Crippen LogP contribution in [0.4, 0.5) is 0 Å². The number of hydrogen-bond donors (Lipinski definition) is 2. The zero-order valence-corrected chi connectivity index (χ0v) is 12.3. The van der Waals surface area contributed by atoms with E-state index in [9.17, 15) is 9.90 Å². The summed E-state index contributed by atoms with van der Waals surface area (Å²) in [5.41, 5.74) is 0.977. The number of aromatic nitrogens is 3. The largest absolute Gasteiger partial charge is 0.508 e. The summed E-state index contributed by atoms with van der Waals surface area (Å²) in [7, 11) is 0. The molecule has 2 N–H and O–H groups in total. The van der Waals surface area contributed by atoms with Gasteiger partial charge in [0.2, 0.25) is 0 Å². The Kier molecular flexibility index (Phi) is 4.37. The summed E-state index contributed by atoms with van der Waals surface area (Å²) < 4.78 is 7.12. The van der Waals surface area contributed by atoms with Gasteiger partial charge in [-0.2, -0.15) is 0 Å². The monoisotopic (exact) mass is 312 g/mol. The quantitative estimate of drug-likeness (QED) is 0.680. The third-order valence-electron chi connectivity index (χ3n) is 3.33. The number of carbonyl (C=O) groups is 1. The number of carbonyl (C=O) groups excluding carboxylic acids is 1. The summed E-state index contributed by atoms with van der Waals surface area (Å²) in [6, 6.07) is 8.07. The number of amides is 1. The molecule has 0 unspecified atom stereocenters. The van der Waals surface area contributed by atoms with E-state index in [4.69, 9.17) is 4.52 Å². The second-order valence-electron chi connectivity index (χ2n) is 5.03. The van der Waals surface area contributed by atoms with Crippen LogP contribution < -0.4 is 5.32 Å². The molecular weight excluding hydrogens is 296 g/mol. The Bertz CT molecular complexity index is 763. The topological polar surface area (TPSA) is 93.2 Å². The first-order chi connectivity index (χ1) is 11.2. The highest BCUT2D eigenvalue weighted by molar-refractivity contribution is 5.93. The van der Waals surface area contributed by atoms with E-state index >= 15 is 0 Å². The first-order valence-electron chi connectivity index (χ1n) is 7.22. The van der Waals surface area contributed by atoms with Crippen molar-refractivity contribution in [2.24, 2.45) is 0 Å². The van der Waals surface area contributed by atoms with Crippen molar-refractivity contribution in [3.05, 3.63) is 54.7 Å². The van der Waals surface area contributed by atoms with E-state index < -0.39 is 0 Å². The van der Waals surface area contributed by atoms with Gasteiger partial charge in [-0.25, -0.2) is 4.98 Å². The average Bonchev–Trinajstić information content (AvgIpc) is 3.24. The molecule has 0 aliphatic heterocycles. The van der Waals surface area contributed by atoms with E-state index in [1.54, 1.807) is 42.9 Å². The normalized spacial score (nSPS) is 10.6. The zero-order valence-electron chi connectivity index (χ0n) is 12.3. The van der Waals surface area contributed by atoms with Gasteiger partial charge in [-0.1, -0.05) is 5.16 Å². The number of aryl methyl sites for hydroxylation is 1. The van der Waals surface area contributed by atoms with Crippen LogP contribution >= 0.6 is 0 Å². The Morgan fingerprint density at radius 2 is 2.13 bits per heavy atom. The van der Waals surface area contributed by atoms with Gasteiger partial charge >= 0.3 is 0 Å². The smallest absolute Gasteiger partial charge is 0.273 e. The molecule has 0 radical (unpaired) electrons. The van der Waals surface area contributed by atoms with Crippen LogP contribution in [0.15, 0.2) is 53.6 Å². The zero-order chi connectivity index (χ0) is 16.1. The first-order valence-corrected chi connectivity index (χ1v) is 7.22. The molecular formula is C16H16N4O3. The van der Waals surface area contributed by atoms with Crippen molar-refractivity contribution in [1.82, 2.24) is 20.0 Å². The average molecular weight is 312 g/mol. The van der Waals surface area contributed by atoms with Crippen molar-refractivity contribution < 1.29 is 14.4 Å². The number of nitrogens with one attached hydrogen (secondary N) is 1. The lowest BCUT2D eigenvalue weighted by molar-refractivity contribution is 0.0944. The van der Waals surface area contributed by atoms with Crippen molar-refractivity contribution in [3.63, 3.8) is 0 Å². The molecule has 118 valence electrons. The Hall–Kier alpha value is -3.09. The van der Waals surface area contributed by atoms with Gasteiger partial charge in [0.1, 0.15) is 5.75 Å². The number of benzene rings is 1. The highest BCUT2D eigenvalue weighted by Crippen LogP contribution is 2.22. The van der Waals surface area contributed by atoms with Gasteiger partial charge in [-0.15, -0.1) is 0 Å².